The Hall–Kier alpha value is -1.31. The minimum Gasteiger partial charge on any atom is -0.380 e. The molecule has 70 valence electrons. The van der Waals surface area contributed by atoms with Crippen molar-refractivity contribution in [2.45, 2.75) is 20.8 Å². The predicted molar refractivity (Wildman–Crippen MR) is 56.9 cm³/mol. The van der Waals surface area contributed by atoms with E-state index in [-0.39, 0.29) is 0 Å². The SMILES string of the molecule is CC(C)=CCNc1ccc(C)nc1. The predicted octanol–water partition coefficient (Wildman–Crippen LogP) is 2.77. The summed E-state index contributed by atoms with van der Waals surface area (Å²) in [6.45, 7) is 7.04. The third-order valence-corrected chi connectivity index (χ3v) is 1.73. The van der Waals surface area contributed by atoms with Crippen molar-refractivity contribution >= 4 is 5.69 Å². The Bertz CT molecular complexity index is 281. The van der Waals surface area contributed by atoms with Gasteiger partial charge in [0.25, 0.3) is 0 Å². The first-order valence-corrected chi connectivity index (χ1v) is 4.48. The lowest BCUT2D eigenvalue weighted by molar-refractivity contribution is 1.18. The molecule has 0 aliphatic rings. The number of nitrogens with zero attached hydrogens (tertiary/aromatic N) is 1. The Balaban J connectivity index is 2.46. The molecule has 0 saturated carbocycles. The van der Waals surface area contributed by atoms with Gasteiger partial charge in [-0.2, -0.15) is 0 Å². The van der Waals surface area contributed by atoms with E-state index in [0.29, 0.717) is 0 Å². The van der Waals surface area contributed by atoms with Gasteiger partial charge in [-0.15, -0.1) is 0 Å². The molecule has 0 bridgehead atoms. The van der Waals surface area contributed by atoms with E-state index in [0.717, 1.165) is 17.9 Å². The molecule has 0 amide bonds. The summed E-state index contributed by atoms with van der Waals surface area (Å²) in [7, 11) is 0. The molecule has 0 atom stereocenters. The summed E-state index contributed by atoms with van der Waals surface area (Å²) in [5.41, 5.74) is 3.45. The molecule has 0 aliphatic carbocycles. The number of pyridine rings is 1. The highest BCUT2D eigenvalue weighted by atomic mass is 14.9. The van der Waals surface area contributed by atoms with Crippen LogP contribution in [-0.4, -0.2) is 11.5 Å². The first kappa shape index (κ1) is 9.78. The van der Waals surface area contributed by atoms with E-state index in [1.807, 2.05) is 25.3 Å². The van der Waals surface area contributed by atoms with Crippen molar-refractivity contribution < 1.29 is 0 Å². The molecular formula is C11H16N2. The molecule has 2 nitrogen and oxygen atoms in total. The van der Waals surface area contributed by atoms with Crippen LogP contribution in [0.3, 0.4) is 0 Å². The highest BCUT2D eigenvalue weighted by molar-refractivity contribution is 5.41. The summed E-state index contributed by atoms with van der Waals surface area (Å²) >= 11 is 0. The molecule has 1 N–H and O–H groups in total. The van der Waals surface area contributed by atoms with Gasteiger partial charge < -0.3 is 5.32 Å². The van der Waals surface area contributed by atoms with Gasteiger partial charge >= 0.3 is 0 Å². The Morgan fingerprint density at radius 2 is 2.23 bits per heavy atom. The lowest BCUT2D eigenvalue weighted by Gasteiger charge is -2.02. The Morgan fingerprint density at radius 3 is 2.77 bits per heavy atom. The van der Waals surface area contributed by atoms with Crippen LogP contribution in [-0.2, 0) is 0 Å². The molecule has 13 heavy (non-hydrogen) atoms. The highest BCUT2D eigenvalue weighted by Crippen LogP contribution is 2.04. The lowest BCUT2D eigenvalue weighted by Crippen LogP contribution is -1.99. The maximum atomic E-state index is 4.19. The van der Waals surface area contributed by atoms with Gasteiger partial charge in [-0.05, 0) is 32.9 Å². The third kappa shape index (κ3) is 3.74. The molecule has 1 rings (SSSR count). The maximum Gasteiger partial charge on any atom is 0.0529 e. The molecule has 0 aliphatic heterocycles. The summed E-state index contributed by atoms with van der Waals surface area (Å²) < 4.78 is 0. The van der Waals surface area contributed by atoms with Gasteiger partial charge in [0.2, 0.25) is 0 Å². The summed E-state index contributed by atoms with van der Waals surface area (Å²) in [6.07, 6.45) is 4.01. The van der Waals surface area contributed by atoms with Crippen molar-refractivity contribution in [3.05, 3.63) is 35.7 Å². The van der Waals surface area contributed by atoms with Gasteiger partial charge in [0.05, 0.1) is 11.9 Å². The standard InChI is InChI=1S/C11H16N2/c1-9(2)6-7-12-11-5-4-10(3)13-8-11/h4-6,8,12H,7H2,1-3H3. The molecule has 0 aromatic carbocycles. The second-order valence-corrected chi connectivity index (χ2v) is 3.35. The lowest BCUT2D eigenvalue weighted by atomic mass is 10.3. The number of hydrogen-bond donors (Lipinski definition) is 1. The zero-order chi connectivity index (χ0) is 9.68. The van der Waals surface area contributed by atoms with E-state index in [9.17, 15) is 0 Å². The summed E-state index contributed by atoms with van der Waals surface area (Å²) in [5, 5.41) is 3.26. The van der Waals surface area contributed by atoms with Gasteiger partial charge in [-0.3, -0.25) is 4.98 Å². The van der Waals surface area contributed by atoms with Gasteiger partial charge in [0.1, 0.15) is 0 Å². The van der Waals surface area contributed by atoms with Crippen molar-refractivity contribution in [3.63, 3.8) is 0 Å². The van der Waals surface area contributed by atoms with Crippen molar-refractivity contribution in [1.29, 1.82) is 0 Å². The molecule has 1 aromatic heterocycles. The first-order chi connectivity index (χ1) is 6.18. The van der Waals surface area contributed by atoms with E-state index in [1.165, 1.54) is 5.57 Å². The van der Waals surface area contributed by atoms with E-state index >= 15 is 0 Å². The monoisotopic (exact) mass is 176 g/mol. The molecule has 0 radical (unpaired) electrons. The van der Waals surface area contributed by atoms with Crippen LogP contribution in [0.25, 0.3) is 0 Å². The summed E-state index contributed by atoms with van der Waals surface area (Å²) in [6, 6.07) is 4.05. The molecule has 2 heteroatoms. The van der Waals surface area contributed by atoms with Crippen LogP contribution in [0.5, 0.6) is 0 Å². The van der Waals surface area contributed by atoms with Crippen LogP contribution in [0, 0.1) is 6.92 Å². The van der Waals surface area contributed by atoms with Crippen LogP contribution < -0.4 is 5.32 Å². The number of allylic oxidation sites excluding steroid dienone is 1. The first-order valence-electron chi connectivity index (χ1n) is 4.48. The Kier molecular flexibility index (Phi) is 3.50. The number of rotatable bonds is 3. The molecule has 0 fully saturated rings. The van der Waals surface area contributed by atoms with Crippen molar-refractivity contribution in [2.24, 2.45) is 0 Å². The minimum absolute atomic E-state index is 0.868. The Morgan fingerprint density at radius 1 is 1.46 bits per heavy atom. The smallest absolute Gasteiger partial charge is 0.0529 e. The minimum atomic E-state index is 0.868. The molecular weight excluding hydrogens is 160 g/mol. The number of nitrogens with one attached hydrogen (secondary N) is 1. The van der Waals surface area contributed by atoms with E-state index in [2.05, 4.69) is 30.2 Å². The zero-order valence-corrected chi connectivity index (χ0v) is 8.46. The maximum absolute atomic E-state index is 4.19. The summed E-state index contributed by atoms with van der Waals surface area (Å²) in [4.78, 5) is 4.19. The van der Waals surface area contributed by atoms with Crippen molar-refractivity contribution in [3.8, 4) is 0 Å². The van der Waals surface area contributed by atoms with Crippen LogP contribution in [0.4, 0.5) is 5.69 Å². The molecule has 1 heterocycles. The van der Waals surface area contributed by atoms with Crippen molar-refractivity contribution in [2.75, 3.05) is 11.9 Å². The highest BCUT2D eigenvalue weighted by Gasteiger charge is 1.89. The van der Waals surface area contributed by atoms with Gasteiger partial charge in [0.15, 0.2) is 0 Å². The Labute approximate surface area is 79.7 Å². The zero-order valence-electron chi connectivity index (χ0n) is 8.46. The second-order valence-electron chi connectivity index (χ2n) is 3.35. The van der Waals surface area contributed by atoms with Crippen LogP contribution in [0.2, 0.25) is 0 Å². The van der Waals surface area contributed by atoms with Gasteiger partial charge in [0, 0.05) is 12.2 Å². The average Bonchev–Trinajstić information content (AvgIpc) is 2.08. The second kappa shape index (κ2) is 4.65. The molecule has 0 unspecified atom stereocenters. The van der Waals surface area contributed by atoms with Crippen LogP contribution in [0.15, 0.2) is 30.0 Å². The van der Waals surface area contributed by atoms with Gasteiger partial charge in [-0.1, -0.05) is 11.6 Å². The number of anilines is 1. The largest absolute Gasteiger partial charge is 0.380 e. The van der Waals surface area contributed by atoms with E-state index in [4.69, 9.17) is 0 Å². The van der Waals surface area contributed by atoms with E-state index in [1.54, 1.807) is 0 Å². The molecule has 0 spiro atoms. The normalized spacial score (nSPS) is 9.46. The topological polar surface area (TPSA) is 24.9 Å². The van der Waals surface area contributed by atoms with Crippen molar-refractivity contribution in [1.82, 2.24) is 4.98 Å². The molecule has 0 saturated heterocycles. The number of aryl methyl sites for hydroxylation is 1. The fraction of sp³-hybridized carbons (Fsp3) is 0.364. The number of aromatic nitrogens is 1. The summed E-state index contributed by atoms with van der Waals surface area (Å²) in [5.74, 6) is 0. The van der Waals surface area contributed by atoms with E-state index < -0.39 is 0 Å². The molecule has 1 aromatic rings. The quantitative estimate of drug-likeness (QED) is 0.716. The number of hydrogen-bond acceptors (Lipinski definition) is 2. The third-order valence-electron chi connectivity index (χ3n) is 1.73. The van der Waals surface area contributed by atoms with Crippen LogP contribution >= 0.6 is 0 Å². The fourth-order valence-corrected chi connectivity index (χ4v) is 0.945. The fourth-order valence-electron chi connectivity index (χ4n) is 0.945. The average molecular weight is 176 g/mol. The van der Waals surface area contributed by atoms with Gasteiger partial charge in [-0.25, -0.2) is 0 Å². The van der Waals surface area contributed by atoms with Crippen LogP contribution in [0.1, 0.15) is 19.5 Å².